The summed E-state index contributed by atoms with van der Waals surface area (Å²) in [6.45, 7) is 7.90. The van der Waals surface area contributed by atoms with Gasteiger partial charge in [0.25, 0.3) is 0 Å². The van der Waals surface area contributed by atoms with E-state index >= 15 is 0 Å². The summed E-state index contributed by atoms with van der Waals surface area (Å²) in [6.07, 6.45) is 0. The van der Waals surface area contributed by atoms with Gasteiger partial charge < -0.3 is 5.32 Å². The zero-order valence-corrected chi connectivity index (χ0v) is 12.7. The molecule has 0 aromatic carbocycles. The maximum absolute atomic E-state index is 12.0. The molecular weight excluding hydrogens is 268 g/mol. The first-order valence-corrected chi connectivity index (χ1v) is 8.82. The molecule has 0 saturated carbocycles. The largest absolute Gasteiger partial charge is 0.316 e. The van der Waals surface area contributed by atoms with Crippen LogP contribution in [0.5, 0.6) is 0 Å². The lowest BCUT2D eigenvalue weighted by atomic mass is 9.93. The Labute approximate surface area is 113 Å². The quantitative estimate of drug-likeness (QED) is 0.914. The van der Waals surface area contributed by atoms with E-state index in [-0.39, 0.29) is 22.8 Å². The van der Waals surface area contributed by atoms with Gasteiger partial charge in [-0.25, -0.2) is 13.4 Å². The van der Waals surface area contributed by atoms with Crippen LogP contribution in [0.2, 0.25) is 0 Å². The molecule has 1 aromatic heterocycles. The number of nitrogens with zero attached hydrogens (tertiary/aromatic N) is 1. The first-order valence-electron chi connectivity index (χ1n) is 6.12. The number of nitrogens with one attached hydrogen (secondary N) is 1. The molecule has 1 aliphatic heterocycles. The third-order valence-electron chi connectivity index (χ3n) is 3.02. The van der Waals surface area contributed by atoms with Gasteiger partial charge in [-0.3, -0.25) is 0 Å². The van der Waals surface area contributed by atoms with Crippen LogP contribution in [0.15, 0.2) is 5.38 Å². The van der Waals surface area contributed by atoms with Gasteiger partial charge in [0, 0.05) is 23.9 Å². The molecule has 0 aliphatic carbocycles. The topological polar surface area (TPSA) is 59.1 Å². The molecule has 102 valence electrons. The highest BCUT2D eigenvalue weighted by atomic mass is 32.2. The fourth-order valence-corrected chi connectivity index (χ4v) is 4.92. The first-order chi connectivity index (χ1) is 8.26. The minimum atomic E-state index is -3.02. The van der Waals surface area contributed by atoms with Crippen LogP contribution in [0.25, 0.3) is 0 Å². The van der Waals surface area contributed by atoms with Gasteiger partial charge in [-0.1, -0.05) is 20.8 Å². The molecule has 0 bridgehead atoms. The molecular formula is C12H20N2O2S2. The number of aromatic nitrogens is 1. The maximum atomic E-state index is 12.0. The molecule has 0 spiro atoms. The van der Waals surface area contributed by atoms with Crippen LogP contribution in [-0.4, -0.2) is 32.2 Å². The molecule has 6 heteroatoms. The van der Waals surface area contributed by atoms with E-state index in [1.807, 2.05) is 5.38 Å². The average Bonchev–Trinajstić information content (AvgIpc) is 2.58. The Morgan fingerprint density at radius 3 is 2.56 bits per heavy atom. The predicted octanol–water partition coefficient (Wildman–Crippen LogP) is 1.57. The van der Waals surface area contributed by atoms with Crippen molar-refractivity contribution in [2.75, 3.05) is 18.8 Å². The molecule has 2 rings (SSSR count). The van der Waals surface area contributed by atoms with Gasteiger partial charge in [-0.15, -0.1) is 11.3 Å². The number of hydrogen-bond acceptors (Lipinski definition) is 5. The Kier molecular flexibility index (Phi) is 3.80. The van der Waals surface area contributed by atoms with Gasteiger partial charge in [0.1, 0.15) is 10.8 Å². The van der Waals surface area contributed by atoms with E-state index in [9.17, 15) is 8.42 Å². The predicted molar refractivity (Wildman–Crippen MR) is 74.7 cm³/mol. The lowest BCUT2D eigenvalue weighted by Crippen LogP contribution is -2.45. The van der Waals surface area contributed by atoms with Gasteiger partial charge in [0.05, 0.1) is 11.4 Å². The van der Waals surface area contributed by atoms with Gasteiger partial charge in [0.15, 0.2) is 9.84 Å². The van der Waals surface area contributed by atoms with Crippen molar-refractivity contribution in [3.8, 4) is 0 Å². The van der Waals surface area contributed by atoms with Crippen molar-refractivity contribution in [1.29, 1.82) is 0 Å². The van der Waals surface area contributed by atoms with Crippen LogP contribution in [-0.2, 0) is 21.0 Å². The second-order valence-electron chi connectivity index (χ2n) is 5.96. The van der Waals surface area contributed by atoms with Crippen molar-refractivity contribution in [2.45, 2.75) is 31.9 Å². The van der Waals surface area contributed by atoms with E-state index in [1.54, 1.807) is 0 Å². The van der Waals surface area contributed by atoms with Crippen LogP contribution in [0, 0.1) is 5.92 Å². The van der Waals surface area contributed by atoms with Crippen LogP contribution < -0.4 is 5.32 Å². The van der Waals surface area contributed by atoms with Crippen LogP contribution in [0.4, 0.5) is 0 Å². The summed E-state index contributed by atoms with van der Waals surface area (Å²) in [6, 6.07) is 0. The van der Waals surface area contributed by atoms with E-state index in [0.29, 0.717) is 5.01 Å². The number of thiazole rings is 1. The molecule has 0 unspecified atom stereocenters. The average molecular weight is 288 g/mol. The fraction of sp³-hybridized carbons (Fsp3) is 0.750. The zero-order valence-electron chi connectivity index (χ0n) is 11.1. The molecule has 18 heavy (non-hydrogen) atoms. The molecule has 1 aliphatic rings. The molecule has 1 N–H and O–H groups in total. The van der Waals surface area contributed by atoms with Gasteiger partial charge in [-0.05, 0) is 5.92 Å². The third kappa shape index (κ3) is 3.52. The molecule has 0 amide bonds. The number of sulfone groups is 1. The van der Waals surface area contributed by atoms with Crippen LogP contribution >= 0.6 is 11.3 Å². The van der Waals surface area contributed by atoms with Gasteiger partial charge >= 0.3 is 0 Å². The normalized spacial score (nSPS) is 17.7. The molecule has 4 nitrogen and oxygen atoms in total. The summed E-state index contributed by atoms with van der Waals surface area (Å²) >= 11 is 1.45. The Bertz CT molecular complexity index is 510. The molecule has 1 aromatic rings. The van der Waals surface area contributed by atoms with E-state index in [1.165, 1.54) is 11.3 Å². The molecule has 2 heterocycles. The molecule has 1 saturated heterocycles. The van der Waals surface area contributed by atoms with Crippen LogP contribution in [0.1, 0.15) is 31.5 Å². The fourth-order valence-electron chi connectivity index (χ4n) is 1.79. The van der Waals surface area contributed by atoms with Crippen molar-refractivity contribution in [3.63, 3.8) is 0 Å². The Balaban J connectivity index is 2.02. The maximum Gasteiger partial charge on any atom is 0.157 e. The summed E-state index contributed by atoms with van der Waals surface area (Å²) in [5, 5.41) is 5.78. The highest BCUT2D eigenvalue weighted by molar-refractivity contribution is 7.90. The Morgan fingerprint density at radius 2 is 2.11 bits per heavy atom. The zero-order chi connectivity index (χ0) is 13.4. The molecule has 0 radical (unpaired) electrons. The van der Waals surface area contributed by atoms with Crippen molar-refractivity contribution < 1.29 is 8.42 Å². The van der Waals surface area contributed by atoms with E-state index < -0.39 is 9.84 Å². The number of hydrogen-bond donors (Lipinski definition) is 1. The van der Waals surface area contributed by atoms with Crippen molar-refractivity contribution in [1.82, 2.24) is 10.3 Å². The highest BCUT2D eigenvalue weighted by Crippen LogP contribution is 2.25. The summed E-state index contributed by atoms with van der Waals surface area (Å²) in [4.78, 5) is 4.44. The molecule has 0 atom stereocenters. The second kappa shape index (κ2) is 4.90. The van der Waals surface area contributed by atoms with Crippen molar-refractivity contribution in [3.05, 3.63) is 16.1 Å². The summed E-state index contributed by atoms with van der Waals surface area (Å²) in [5.74, 6) is 0.659. The van der Waals surface area contributed by atoms with Gasteiger partial charge in [0.2, 0.25) is 0 Å². The minimum Gasteiger partial charge on any atom is -0.316 e. The Morgan fingerprint density at radius 1 is 1.44 bits per heavy atom. The van der Waals surface area contributed by atoms with E-state index in [2.05, 4.69) is 31.1 Å². The van der Waals surface area contributed by atoms with E-state index in [0.717, 1.165) is 18.8 Å². The first kappa shape index (κ1) is 14.0. The second-order valence-corrected chi connectivity index (χ2v) is 9.01. The van der Waals surface area contributed by atoms with E-state index in [4.69, 9.17) is 0 Å². The highest BCUT2D eigenvalue weighted by Gasteiger charge is 2.26. The monoisotopic (exact) mass is 288 g/mol. The van der Waals surface area contributed by atoms with Crippen molar-refractivity contribution >= 4 is 21.2 Å². The van der Waals surface area contributed by atoms with Gasteiger partial charge in [-0.2, -0.15) is 0 Å². The third-order valence-corrected chi connectivity index (χ3v) is 5.74. The number of rotatable bonds is 4. The lowest BCUT2D eigenvalue weighted by Gasteiger charge is -2.26. The standard InChI is InChI=1S/C12H20N2O2S2/c1-12(2,3)10-6-17-11(14-10)8-18(15,16)7-9-4-13-5-9/h6,9,13H,4-5,7-8H2,1-3H3. The SMILES string of the molecule is CC(C)(C)c1csc(CS(=O)(=O)CC2CNC2)n1. The summed E-state index contributed by atoms with van der Waals surface area (Å²) in [5.41, 5.74) is 0.958. The lowest BCUT2D eigenvalue weighted by molar-refractivity contribution is 0.378. The Hall–Kier alpha value is -0.460. The summed E-state index contributed by atoms with van der Waals surface area (Å²) < 4.78 is 24.0. The smallest absolute Gasteiger partial charge is 0.157 e. The molecule has 1 fully saturated rings. The van der Waals surface area contributed by atoms with Crippen LogP contribution in [0.3, 0.4) is 0 Å². The summed E-state index contributed by atoms with van der Waals surface area (Å²) in [7, 11) is -3.02. The van der Waals surface area contributed by atoms with Crippen molar-refractivity contribution in [2.24, 2.45) is 5.92 Å². The minimum absolute atomic E-state index is 0.0175.